The van der Waals surface area contributed by atoms with Gasteiger partial charge in [-0.15, -0.1) is 0 Å². The minimum Gasteiger partial charge on any atom is -0.493 e. The predicted octanol–water partition coefficient (Wildman–Crippen LogP) is 5.21. The molecule has 2 N–H and O–H groups in total. The molecule has 0 bridgehead atoms. The van der Waals surface area contributed by atoms with Crippen LogP contribution in [0.5, 0.6) is 11.5 Å². The van der Waals surface area contributed by atoms with Crippen molar-refractivity contribution >= 4 is 46.5 Å². The van der Waals surface area contributed by atoms with Crippen LogP contribution in [0.25, 0.3) is 6.08 Å². The fourth-order valence-electron chi connectivity index (χ4n) is 3.68. The number of carbonyl (C=O) groups is 3. The smallest absolute Gasteiger partial charge is 0.336 e. The third-order valence-electron chi connectivity index (χ3n) is 5.84. The number of carboxylic acids is 2. The number of rotatable bonds is 8. The zero-order valence-electron chi connectivity index (χ0n) is 20.8. The minimum absolute atomic E-state index is 0.159. The molecule has 1 amide bonds. The van der Waals surface area contributed by atoms with E-state index in [9.17, 15) is 19.5 Å². The van der Waals surface area contributed by atoms with Gasteiger partial charge in [0.15, 0.2) is 16.7 Å². The number of methoxy groups -OCH3 is 1. The average molecular weight is 533 g/mol. The van der Waals surface area contributed by atoms with Gasteiger partial charge in [0.05, 0.1) is 28.8 Å². The minimum atomic E-state index is -1.04. The van der Waals surface area contributed by atoms with E-state index in [2.05, 4.69) is 4.99 Å². The number of ether oxygens (including phenoxy) is 2. The zero-order valence-corrected chi connectivity index (χ0v) is 21.6. The predicted molar refractivity (Wildman–Crippen MR) is 144 cm³/mol. The van der Waals surface area contributed by atoms with Crippen molar-refractivity contribution < 1.29 is 34.1 Å². The molecule has 10 heteroatoms. The molecule has 0 saturated carbocycles. The molecule has 3 aromatic carbocycles. The molecular formula is C28H24N2O7S. The van der Waals surface area contributed by atoms with E-state index in [1.807, 2.05) is 0 Å². The number of aromatic carboxylic acids is 2. The Morgan fingerprint density at radius 3 is 2.42 bits per heavy atom. The van der Waals surface area contributed by atoms with E-state index in [4.69, 9.17) is 14.6 Å². The molecule has 0 aromatic heterocycles. The third-order valence-corrected chi connectivity index (χ3v) is 6.90. The summed E-state index contributed by atoms with van der Waals surface area (Å²) in [5, 5.41) is 18.8. The first-order chi connectivity index (χ1) is 18.2. The Morgan fingerprint density at radius 1 is 1.03 bits per heavy atom. The average Bonchev–Trinajstić information content (AvgIpc) is 3.16. The standard InChI is InChI=1S/C28H24N2O7S/c1-16-20(27(34)35)5-4-6-21(16)29-28-30(2)25(31)24(38-28)14-18-9-12-22(23(13-18)36-3)37-15-17-7-10-19(11-8-17)26(32)33/h4-14H,15H2,1-3H3,(H,32,33)(H,34,35)/b24-14-,29-28?. The van der Waals surface area contributed by atoms with Crippen LogP contribution in [0.15, 0.2) is 70.6 Å². The molecule has 1 heterocycles. The summed E-state index contributed by atoms with van der Waals surface area (Å²) in [7, 11) is 3.13. The van der Waals surface area contributed by atoms with Crippen LogP contribution in [0.1, 0.15) is 37.4 Å². The Labute approximate surface area is 223 Å². The number of hydrogen-bond acceptors (Lipinski definition) is 7. The molecule has 3 aromatic rings. The number of benzene rings is 3. The lowest BCUT2D eigenvalue weighted by Crippen LogP contribution is -2.23. The highest BCUT2D eigenvalue weighted by Crippen LogP contribution is 2.36. The van der Waals surface area contributed by atoms with Gasteiger partial charge in [0.25, 0.3) is 5.91 Å². The first kappa shape index (κ1) is 26.5. The normalized spacial score (nSPS) is 15.2. The maximum Gasteiger partial charge on any atom is 0.336 e. The van der Waals surface area contributed by atoms with Crippen LogP contribution < -0.4 is 9.47 Å². The number of nitrogens with zero attached hydrogens (tertiary/aromatic N) is 2. The molecular weight excluding hydrogens is 508 g/mol. The van der Waals surface area contributed by atoms with E-state index in [1.165, 1.54) is 42.0 Å². The van der Waals surface area contributed by atoms with Gasteiger partial charge >= 0.3 is 11.9 Å². The fraction of sp³-hybridized carbons (Fsp3) is 0.143. The van der Waals surface area contributed by atoms with E-state index in [1.54, 1.807) is 62.5 Å². The second-order valence-electron chi connectivity index (χ2n) is 8.33. The summed E-state index contributed by atoms with van der Waals surface area (Å²) in [5.74, 6) is -1.29. The quantitative estimate of drug-likeness (QED) is 0.379. The van der Waals surface area contributed by atoms with Gasteiger partial charge in [0.1, 0.15) is 6.61 Å². The Morgan fingerprint density at radius 2 is 1.76 bits per heavy atom. The molecule has 38 heavy (non-hydrogen) atoms. The third kappa shape index (κ3) is 5.70. The number of amidine groups is 1. The summed E-state index contributed by atoms with van der Waals surface area (Å²) in [4.78, 5) is 41.8. The molecule has 4 rings (SSSR count). The highest BCUT2D eigenvalue weighted by molar-refractivity contribution is 8.18. The highest BCUT2D eigenvalue weighted by atomic mass is 32.2. The van der Waals surface area contributed by atoms with Crippen molar-refractivity contribution in [3.05, 3.63) is 93.4 Å². The number of carbonyl (C=O) groups excluding carboxylic acids is 1. The topological polar surface area (TPSA) is 126 Å². The second kappa shape index (κ2) is 11.2. The van der Waals surface area contributed by atoms with E-state index >= 15 is 0 Å². The van der Waals surface area contributed by atoms with Crippen molar-refractivity contribution in [2.75, 3.05) is 14.2 Å². The lowest BCUT2D eigenvalue weighted by molar-refractivity contribution is -0.121. The number of amides is 1. The molecule has 1 aliphatic heterocycles. The van der Waals surface area contributed by atoms with Crippen LogP contribution in [0, 0.1) is 6.92 Å². The van der Waals surface area contributed by atoms with E-state index in [-0.39, 0.29) is 23.6 Å². The monoisotopic (exact) mass is 532 g/mol. The summed E-state index contributed by atoms with van der Waals surface area (Å²) >= 11 is 1.19. The van der Waals surface area contributed by atoms with Crippen LogP contribution in [0.2, 0.25) is 0 Å². The van der Waals surface area contributed by atoms with Crippen LogP contribution in [0.4, 0.5) is 5.69 Å². The molecule has 0 radical (unpaired) electrons. The van der Waals surface area contributed by atoms with Gasteiger partial charge in [-0.2, -0.15) is 0 Å². The van der Waals surface area contributed by atoms with Crippen molar-refractivity contribution in [2.24, 2.45) is 4.99 Å². The van der Waals surface area contributed by atoms with Gasteiger partial charge in [-0.25, -0.2) is 14.6 Å². The van der Waals surface area contributed by atoms with Crippen LogP contribution in [0.3, 0.4) is 0 Å². The number of hydrogen-bond donors (Lipinski definition) is 2. The lowest BCUT2D eigenvalue weighted by atomic mass is 10.1. The van der Waals surface area contributed by atoms with Crippen molar-refractivity contribution in [1.82, 2.24) is 4.90 Å². The molecule has 1 aliphatic rings. The van der Waals surface area contributed by atoms with Crippen LogP contribution in [-0.2, 0) is 11.4 Å². The zero-order chi connectivity index (χ0) is 27.4. The molecule has 0 spiro atoms. The molecule has 0 atom stereocenters. The molecule has 1 saturated heterocycles. The molecule has 0 aliphatic carbocycles. The van der Waals surface area contributed by atoms with Crippen molar-refractivity contribution in [3.63, 3.8) is 0 Å². The van der Waals surface area contributed by atoms with Crippen LogP contribution >= 0.6 is 11.8 Å². The first-order valence-electron chi connectivity index (χ1n) is 11.4. The largest absolute Gasteiger partial charge is 0.493 e. The van der Waals surface area contributed by atoms with Crippen molar-refractivity contribution in [2.45, 2.75) is 13.5 Å². The summed E-state index contributed by atoms with van der Waals surface area (Å²) in [5.41, 5.74) is 2.88. The Bertz CT molecular complexity index is 1480. The Kier molecular flexibility index (Phi) is 7.82. The maximum absolute atomic E-state index is 12.9. The van der Waals surface area contributed by atoms with Gasteiger partial charge < -0.3 is 19.7 Å². The number of aliphatic imine (C=N–C) groups is 1. The summed E-state index contributed by atoms with van der Waals surface area (Å²) in [6.45, 7) is 1.90. The van der Waals surface area contributed by atoms with Crippen molar-refractivity contribution in [3.8, 4) is 11.5 Å². The first-order valence-corrected chi connectivity index (χ1v) is 12.2. The van der Waals surface area contributed by atoms with Gasteiger partial charge in [0, 0.05) is 7.05 Å². The Hall–Kier alpha value is -4.57. The summed E-state index contributed by atoms with van der Waals surface area (Å²) in [6, 6.07) is 16.5. The van der Waals surface area contributed by atoms with E-state index in [0.717, 1.165) is 11.1 Å². The van der Waals surface area contributed by atoms with Crippen LogP contribution in [-0.4, -0.2) is 52.3 Å². The summed E-state index contributed by atoms with van der Waals surface area (Å²) < 4.78 is 11.3. The highest BCUT2D eigenvalue weighted by Gasteiger charge is 2.30. The van der Waals surface area contributed by atoms with Gasteiger partial charge in [-0.1, -0.05) is 24.3 Å². The van der Waals surface area contributed by atoms with Gasteiger partial charge in [-0.3, -0.25) is 9.69 Å². The second-order valence-corrected chi connectivity index (χ2v) is 9.33. The van der Waals surface area contributed by atoms with Gasteiger partial charge in [-0.05, 0) is 77.9 Å². The Balaban J connectivity index is 1.52. The van der Waals surface area contributed by atoms with E-state index in [0.29, 0.717) is 32.8 Å². The summed E-state index contributed by atoms with van der Waals surface area (Å²) in [6.07, 6.45) is 1.73. The molecule has 0 unspecified atom stereocenters. The molecule has 1 fully saturated rings. The number of thioether (sulfide) groups is 1. The molecule has 9 nitrogen and oxygen atoms in total. The maximum atomic E-state index is 12.9. The molecule has 194 valence electrons. The SMILES string of the molecule is COc1cc(/C=C2\SC(=Nc3cccc(C(=O)O)c3C)N(C)C2=O)ccc1OCc1ccc(C(=O)O)cc1. The van der Waals surface area contributed by atoms with Gasteiger partial charge in [0.2, 0.25) is 0 Å². The lowest BCUT2D eigenvalue weighted by Gasteiger charge is -2.12. The van der Waals surface area contributed by atoms with E-state index < -0.39 is 11.9 Å². The fourth-order valence-corrected chi connectivity index (χ4v) is 4.66. The number of carboxylic acid groups (broad SMARTS) is 2. The number of likely N-dealkylation sites (N-methyl/N-ethyl adjacent to an activating group) is 1. The van der Waals surface area contributed by atoms with Crippen molar-refractivity contribution in [1.29, 1.82) is 0 Å².